The SMILES string of the molecule is O=c1c(=O)n1NC1=CCC(CN2Cc3ccccc3C2S)S1. The fraction of sp³-hybridized carbons (Fsp3) is 0.333. The van der Waals surface area contributed by atoms with Crippen molar-refractivity contribution >= 4 is 24.4 Å². The summed E-state index contributed by atoms with van der Waals surface area (Å²) in [6, 6.07) is 8.41. The van der Waals surface area contributed by atoms with Gasteiger partial charge in [0.05, 0.1) is 10.4 Å². The van der Waals surface area contributed by atoms with Gasteiger partial charge in [0.15, 0.2) is 0 Å². The van der Waals surface area contributed by atoms with Crippen molar-refractivity contribution in [2.45, 2.75) is 23.6 Å². The topological polar surface area (TPSA) is 54.3 Å². The molecule has 1 N–H and O–H groups in total. The lowest BCUT2D eigenvalue weighted by Crippen LogP contribution is -2.27. The predicted molar refractivity (Wildman–Crippen MR) is 91.4 cm³/mol. The van der Waals surface area contributed by atoms with Gasteiger partial charge in [-0.3, -0.25) is 19.9 Å². The molecular formula is C15H15N3O2S2. The van der Waals surface area contributed by atoms with Crippen LogP contribution in [0, 0.1) is 0 Å². The van der Waals surface area contributed by atoms with Crippen LogP contribution in [0.25, 0.3) is 0 Å². The Bertz CT molecular complexity index is 797. The molecule has 7 heteroatoms. The van der Waals surface area contributed by atoms with Crippen molar-refractivity contribution in [2.75, 3.05) is 12.0 Å². The number of aromatic nitrogens is 1. The summed E-state index contributed by atoms with van der Waals surface area (Å²) < 4.78 is 1.05. The Morgan fingerprint density at radius 1 is 1.27 bits per heavy atom. The van der Waals surface area contributed by atoms with E-state index in [9.17, 15) is 9.59 Å². The first-order valence-electron chi connectivity index (χ1n) is 7.15. The maximum Gasteiger partial charge on any atom is 0.340 e. The maximum absolute atomic E-state index is 11.0. The zero-order valence-corrected chi connectivity index (χ0v) is 13.4. The average Bonchev–Trinajstić information content (AvgIpc) is 2.88. The van der Waals surface area contributed by atoms with Gasteiger partial charge in [0.25, 0.3) is 0 Å². The summed E-state index contributed by atoms with van der Waals surface area (Å²) in [7, 11) is 0. The van der Waals surface area contributed by atoms with E-state index < -0.39 is 11.1 Å². The summed E-state index contributed by atoms with van der Waals surface area (Å²) in [5, 5.41) is 1.44. The molecule has 1 aromatic carbocycles. The van der Waals surface area contributed by atoms with Crippen LogP contribution in [0.5, 0.6) is 0 Å². The van der Waals surface area contributed by atoms with E-state index in [0.29, 0.717) is 5.25 Å². The summed E-state index contributed by atoms with van der Waals surface area (Å²) in [6.45, 7) is 1.85. The minimum absolute atomic E-state index is 0.143. The third kappa shape index (κ3) is 2.43. The molecule has 2 aliphatic rings. The Morgan fingerprint density at radius 2 is 2.05 bits per heavy atom. The molecule has 0 bridgehead atoms. The molecule has 0 radical (unpaired) electrons. The number of fused-ring (bicyclic) bond motifs is 1. The van der Waals surface area contributed by atoms with Crippen LogP contribution in [0.2, 0.25) is 0 Å². The third-order valence-corrected chi connectivity index (χ3v) is 5.90. The lowest BCUT2D eigenvalue weighted by molar-refractivity contribution is 0.280. The van der Waals surface area contributed by atoms with Crippen molar-refractivity contribution < 1.29 is 0 Å². The molecule has 0 fully saturated rings. The Kier molecular flexibility index (Phi) is 3.43. The molecule has 0 saturated heterocycles. The molecular weight excluding hydrogens is 318 g/mol. The number of benzene rings is 1. The van der Waals surface area contributed by atoms with Gasteiger partial charge in [-0.2, -0.15) is 17.3 Å². The predicted octanol–water partition coefficient (Wildman–Crippen LogP) is 1.42. The van der Waals surface area contributed by atoms with E-state index >= 15 is 0 Å². The Hall–Kier alpha value is -1.44. The third-order valence-electron chi connectivity index (χ3n) is 4.11. The summed E-state index contributed by atoms with van der Waals surface area (Å²) in [5.74, 6) is 0. The average molecular weight is 333 g/mol. The number of thioether (sulfide) groups is 1. The molecule has 0 amide bonds. The summed E-state index contributed by atoms with van der Waals surface area (Å²) in [5.41, 5.74) is 4.57. The quantitative estimate of drug-likeness (QED) is 0.655. The van der Waals surface area contributed by atoms with E-state index in [2.05, 4.69) is 34.6 Å². The van der Waals surface area contributed by atoms with Gasteiger partial charge in [-0.1, -0.05) is 30.3 Å². The minimum Gasteiger partial charge on any atom is -0.283 e. The lowest BCUT2D eigenvalue weighted by Gasteiger charge is -2.24. The Balaban J connectivity index is 1.36. The van der Waals surface area contributed by atoms with Crippen LogP contribution < -0.4 is 16.5 Å². The van der Waals surface area contributed by atoms with Gasteiger partial charge < -0.3 is 0 Å². The highest BCUT2D eigenvalue weighted by atomic mass is 32.2. The van der Waals surface area contributed by atoms with Gasteiger partial charge in [-0.25, -0.2) is 0 Å². The molecule has 2 aromatic rings. The second kappa shape index (κ2) is 5.33. The van der Waals surface area contributed by atoms with E-state index in [1.807, 2.05) is 6.08 Å². The molecule has 3 heterocycles. The van der Waals surface area contributed by atoms with Gasteiger partial charge >= 0.3 is 11.1 Å². The highest BCUT2D eigenvalue weighted by molar-refractivity contribution is 8.04. The molecule has 2 unspecified atom stereocenters. The zero-order chi connectivity index (χ0) is 15.3. The van der Waals surface area contributed by atoms with Crippen LogP contribution in [0.4, 0.5) is 0 Å². The lowest BCUT2D eigenvalue weighted by atomic mass is 10.1. The van der Waals surface area contributed by atoms with Crippen molar-refractivity contribution in [1.82, 2.24) is 9.58 Å². The maximum atomic E-state index is 11.0. The van der Waals surface area contributed by atoms with Crippen LogP contribution in [0.15, 0.2) is 45.0 Å². The summed E-state index contributed by atoms with van der Waals surface area (Å²) in [6.07, 6.45) is 2.97. The van der Waals surface area contributed by atoms with Crippen LogP contribution in [0.3, 0.4) is 0 Å². The molecule has 2 aliphatic heterocycles. The normalized spacial score (nSPS) is 24.7. The highest BCUT2D eigenvalue weighted by Crippen LogP contribution is 2.39. The van der Waals surface area contributed by atoms with Crippen molar-refractivity contribution in [2.24, 2.45) is 0 Å². The van der Waals surface area contributed by atoms with Crippen LogP contribution in [-0.4, -0.2) is 21.4 Å². The van der Waals surface area contributed by atoms with Crippen LogP contribution in [-0.2, 0) is 6.54 Å². The number of nitrogens with one attached hydrogen (secondary N) is 1. The fourth-order valence-corrected chi connectivity index (χ4v) is 4.48. The van der Waals surface area contributed by atoms with Crippen molar-refractivity contribution in [3.05, 3.63) is 67.2 Å². The molecule has 5 nitrogen and oxygen atoms in total. The van der Waals surface area contributed by atoms with E-state index in [4.69, 9.17) is 12.6 Å². The standard InChI is InChI=1S/C15H15N3O2S2/c19-13-14(20)18(13)16-12-6-5-10(22-12)8-17-7-9-3-1-2-4-11(9)15(17)21/h1-4,6,10,15-16,21H,5,7-8H2. The van der Waals surface area contributed by atoms with Crippen molar-refractivity contribution in [3.63, 3.8) is 0 Å². The molecule has 1 aromatic heterocycles. The number of hydrogen-bond acceptors (Lipinski definition) is 6. The summed E-state index contributed by atoms with van der Waals surface area (Å²) in [4.78, 5) is 24.3. The monoisotopic (exact) mass is 333 g/mol. The van der Waals surface area contributed by atoms with Gasteiger partial charge in [-0.15, -0.1) is 11.8 Å². The van der Waals surface area contributed by atoms with E-state index in [-0.39, 0.29) is 5.37 Å². The molecule has 114 valence electrons. The zero-order valence-electron chi connectivity index (χ0n) is 11.7. The van der Waals surface area contributed by atoms with Crippen molar-refractivity contribution in [1.29, 1.82) is 0 Å². The van der Waals surface area contributed by atoms with E-state index in [1.54, 1.807) is 11.8 Å². The second-order valence-electron chi connectivity index (χ2n) is 5.60. The van der Waals surface area contributed by atoms with Gasteiger partial charge in [0.2, 0.25) is 0 Å². The van der Waals surface area contributed by atoms with Gasteiger partial charge in [0.1, 0.15) is 0 Å². The number of hydrogen-bond donors (Lipinski definition) is 2. The molecule has 22 heavy (non-hydrogen) atoms. The number of rotatable bonds is 4. The van der Waals surface area contributed by atoms with Crippen LogP contribution in [0.1, 0.15) is 22.9 Å². The Labute approximate surface area is 137 Å². The molecule has 2 atom stereocenters. The largest absolute Gasteiger partial charge is 0.340 e. The van der Waals surface area contributed by atoms with Crippen LogP contribution >= 0.6 is 24.4 Å². The first-order chi connectivity index (χ1) is 10.6. The first-order valence-corrected chi connectivity index (χ1v) is 8.55. The minimum atomic E-state index is -0.463. The number of nitrogens with zero attached hydrogens (tertiary/aromatic N) is 2. The highest BCUT2D eigenvalue weighted by Gasteiger charge is 2.31. The number of allylic oxidation sites excluding steroid dienone is 1. The Morgan fingerprint density at radius 3 is 2.77 bits per heavy atom. The van der Waals surface area contributed by atoms with Gasteiger partial charge in [0, 0.05) is 18.3 Å². The first kappa shape index (κ1) is 14.2. The number of thiol groups is 1. The molecule has 0 spiro atoms. The molecule has 0 saturated carbocycles. The molecule has 4 rings (SSSR count). The molecule has 0 aliphatic carbocycles. The van der Waals surface area contributed by atoms with E-state index in [0.717, 1.165) is 29.2 Å². The smallest absolute Gasteiger partial charge is 0.283 e. The fourth-order valence-electron chi connectivity index (χ4n) is 2.90. The van der Waals surface area contributed by atoms with Crippen molar-refractivity contribution in [3.8, 4) is 0 Å². The second-order valence-corrected chi connectivity index (χ2v) is 7.43. The summed E-state index contributed by atoms with van der Waals surface area (Å²) >= 11 is 6.42. The van der Waals surface area contributed by atoms with Gasteiger partial charge in [-0.05, 0) is 17.5 Å². The van der Waals surface area contributed by atoms with E-state index in [1.165, 1.54) is 11.1 Å².